The van der Waals surface area contributed by atoms with Crippen LogP contribution in [0.1, 0.15) is 45.4 Å². The van der Waals surface area contributed by atoms with Crippen molar-refractivity contribution in [1.82, 2.24) is 0 Å². The van der Waals surface area contributed by atoms with Crippen LogP contribution in [0.2, 0.25) is 0 Å². The molecule has 1 fully saturated rings. The van der Waals surface area contributed by atoms with E-state index >= 15 is 0 Å². The molecule has 0 unspecified atom stereocenters. The number of allylic oxidation sites excluding steroid dienone is 2. The molecule has 0 heterocycles. The zero-order chi connectivity index (χ0) is 7.03. The molecule has 0 aromatic carbocycles. The van der Waals surface area contributed by atoms with Gasteiger partial charge in [-0.15, -0.1) is 0 Å². The van der Waals surface area contributed by atoms with Crippen molar-refractivity contribution < 1.29 is 0 Å². The van der Waals surface area contributed by atoms with Gasteiger partial charge in [0.1, 0.15) is 0 Å². The number of hydrogen-bond acceptors (Lipinski definition) is 0. The third kappa shape index (κ3) is 0.902. The molecule has 0 nitrogen and oxygen atoms in total. The Bertz CT molecular complexity index is 161. The Morgan fingerprint density at radius 3 is 2.50 bits per heavy atom. The first kappa shape index (κ1) is 6.45. The summed E-state index contributed by atoms with van der Waals surface area (Å²) in [4.78, 5) is 0. The topological polar surface area (TPSA) is 0 Å². The minimum atomic E-state index is 0.804. The molecule has 0 radical (unpaired) electrons. The molecule has 0 bridgehead atoms. The van der Waals surface area contributed by atoms with Gasteiger partial charge in [-0.1, -0.05) is 18.1 Å². The van der Waals surface area contributed by atoms with E-state index in [0.717, 1.165) is 5.41 Å². The molecule has 0 aliphatic heterocycles. The van der Waals surface area contributed by atoms with Crippen molar-refractivity contribution in [2.45, 2.75) is 45.4 Å². The second-order valence-electron chi connectivity index (χ2n) is 4.12. The van der Waals surface area contributed by atoms with Gasteiger partial charge >= 0.3 is 0 Å². The van der Waals surface area contributed by atoms with E-state index in [1.54, 1.807) is 5.57 Å². The molecule has 0 atom stereocenters. The van der Waals surface area contributed by atoms with E-state index in [1.807, 2.05) is 0 Å². The summed E-state index contributed by atoms with van der Waals surface area (Å²) in [5.74, 6) is 0. The van der Waals surface area contributed by atoms with Gasteiger partial charge in [0.05, 0.1) is 0 Å². The summed E-state index contributed by atoms with van der Waals surface area (Å²) >= 11 is 0. The van der Waals surface area contributed by atoms with Gasteiger partial charge in [-0.2, -0.15) is 0 Å². The fourth-order valence-corrected chi connectivity index (χ4v) is 2.48. The predicted molar refractivity (Wildman–Crippen MR) is 43.9 cm³/mol. The van der Waals surface area contributed by atoms with Crippen LogP contribution in [0, 0.1) is 5.41 Å². The quantitative estimate of drug-likeness (QED) is 0.448. The second-order valence-corrected chi connectivity index (χ2v) is 4.12. The van der Waals surface area contributed by atoms with Crippen LogP contribution in [0.5, 0.6) is 0 Å². The van der Waals surface area contributed by atoms with Crippen LogP contribution in [0.25, 0.3) is 0 Å². The Morgan fingerprint density at radius 2 is 2.10 bits per heavy atom. The summed E-state index contributed by atoms with van der Waals surface area (Å²) in [6.45, 7) is 2.29. The molecule has 56 valence electrons. The van der Waals surface area contributed by atoms with Crippen molar-refractivity contribution in [2.24, 2.45) is 5.41 Å². The van der Waals surface area contributed by atoms with Crippen LogP contribution in [0.3, 0.4) is 0 Å². The monoisotopic (exact) mass is 136 g/mol. The Hall–Kier alpha value is -0.260. The van der Waals surface area contributed by atoms with E-state index in [1.165, 1.54) is 38.5 Å². The smallest absolute Gasteiger partial charge is 0.0257 e. The summed E-state index contributed by atoms with van der Waals surface area (Å²) in [6, 6.07) is 0. The maximum atomic E-state index is 2.42. The summed E-state index contributed by atoms with van der Waals surface area (Å²) in [7, 11) is 0. The first-order chi connectivity index (χ1) is 4.81. The lowest BCUT2D eigenvalue weighted by Crippen LogP contribution is -2.31. The Morgan fingerprint density at radius 1 is 1.30 bits per heavy atom. The maximum Gasteiger partial charge on any atom is -0.0257 e. The van der Waals surface area contributed by atoms with Gasteiger partial charge in [0.25, 0.3) is 0 Å². The minimum Gasteiger partial charge on any atom is -0.0856 e. The normalized spacial score (nSPS) is 29.5. The third-order valence-electron chi connectivity index (χ3n) is 3.24. The highest BCUT2D eigenvalue weighted by molar-refractivity contribution is 5.10. The molecular formula is C10H16. The maximum absolute atomic E-state index is 2.42. The van der Waals surface area contributed by atoms with Crippen LogP contribution in [-0.2, 0) is 0 Å². The molecule has 2 aliphatic rings. The van der Waals surface area contributed by atoms with Crippen LogP contribution < -0.4 is 0 Å². The van der Waals surface area contributed by atoms with Crippen molar-refractivity contribution >= 4 is 0 Å². The van der Waals surface area contributed by atoms with E-state index in [0.29, 0.717) is 0 Å². The lowest BCUT2D eigenvalue weighted by molar-refractivity contribution is 0.114. The Kier molecular flexibility index (Phi) is 1.36. The van der Waals surface area contributed by atoms with E-state index in [4.69, 9.17) is 0 Å². The van der Waals surface area contributed by atoms with Gasteiger partial charge in [-0.05, 0) is 44.4 Å². The SMILES string of the molecule is CC1=CCCC2(CCC2)C1. The summed E-state index contributed by atoms with van der Waals surface area (Å²) in [5.41, 5.74) is 2.45. The zero-order valence-corrected chi connectivity index (χ0v) is 6.82. The van der Waals surface area contributed by atoms with Crippen molar-refractivity contribution in [3.63, 3.8) is 0 Å². The predicted octanol–water partition coefficient (Wildman–Crippen LogP) is 3.29. The zero-order valence-electron chi connectivity index (χ0n) is 6.82. The molecule has 0 heteroatoms. The fraction of sp³-hybridized carbons (Fsp3) is 0.800. The highest BCUT2D eigenvalue weighted by Crippen LogP contribution is 2.51. The number of rotatable bonds is 0. The van der Waals surface area contributed by atoms with Crippen molar-refractivity contribution in [2.75, 3.05) is 0 Å². The molecule has 2 aliphatic carbocycles. The molecule has 2 rings (SSSR count). The van der Waals surface area contributed by atoms with Crippen molar-refractivity contribution in [1.29, 1.82) is 0 Å². The molecular weight excluding hydrogens is 120 g/mol. The first-order valence-corrected chi connectivity index (χ1v) is 4.46. The van der Waals surface area contributed by atoms with E-state index in [2.05, 4.69) is 13.0 Å². The van der Waals surface area contributed by atoms with Crippen molar-refractivity contribution in [3.8, 4) is 0 Å². The van der Waals surface area contributed by atoms with Crippen molar-refractivity contribution in [3.05, 3.63) is 11.6 Å². The summed E-state index contributed by atoms with van der Waals surface area (Å²) in [5, 5.41) is 0. The second kappa shape index (κ2) is 2.11. The average Bonchev–Trinajstić information content (AvgIpc) is 1.85. The average molecular weight is 136 g/mol. The Labute approximate surface area is 63.3 Å². The lowest BCUT2D eigenvalue weighted by atomic mass is 9.61. The van der Waals surface area contributed by atoms with Crippen LogP contribution in [-0.4, -0.2) is 0 Å². The highest BCUT2D eigenvalue weighted by Gasteiger charge is 2.37. The molecule has 1 spiro atoms. The molecule has 0 amide bonds. The molecule has 10 heavy (non-hydrogen) atoms. The van der Waals surface area contributed by atoms with E-state index < -0.39 is 0 Å². The largest absolute Gasteiger partial charge is 0.0856 e. The van der Waals surface area contributed by atoms with Gasteiger partial charge < -0.3 is 0 Å². The Balaban J connectivity index is 2.07. The third-order valence-corrected chi connectivity index (χ3v) is 3.24. The van der Waals surface area contributed by atoms with Crippen LogP contribution >= 0.6 is 0 Å². The summed E-state index contributed by atoms with van der Waals surface area (Å²) < 4.78 is 0. The van der Waals surface area contributed by atoms with Gasteiger partial charge in [0.2, 0.25) is 0 Å². The molecule has 0 aromatic rings. The first-order valence-electron chi connectivity index (χ1n) is 4.46. The summed E-state index contributed by atoms with van der Waals surface area (Å²) in [6.07, 6.45) is 11.2. The van der Waals surface area contributed by atoms with Gasteiger partial charge in [-0.3, -0.25) is 0 Å². The van der Waals surface area contributed by atoms with Crippen LogP contribution in [0.15, 0.2) is 11.6 Å². The molecule has 0 saturated heterocycles. The lowest BCUT2D eigenvalue weighted by Gasteiger charge is -2.44. The molecule has 0 aromatic heterocycles. The van der Waals surface area contributed by atoms with E-state index in [9.17, 15) is 0 Å². The minimum absolute atomic E-state index is 0.804. The van der Waals surface area contributed by atoms with Gasteiger partial charge in [-0.25, -0.2) is 0 Å². The fourth-order valence-electron chi connectivity index (χ4n) is 2.48. The van der Waals surface area contributed by atoms with Crippen LogP contribution in [0.4, 0.5) is 0 Å². The van der Waals surface area contributed by atoms with E-state index in [-0.39, 0.29) is 0 Å². The van der Waals surface area contributed by atoms with Gasteiger partial charge in [0.15, 0.2) is 0 Å². The van der Waals surface area contributed by atoms with Gasteiger partial charge in [0, 0.05) is 0 Å². The molecule has 1 saturated carbocycles. The standard InChI is InChI=1S/C10H16/c1-9-4-2-5-10(8-9)6-3-7-10/h4H,2-3,5-8H2,1H3. The highest BCUT2D eigenvalue weighted by atomic mass is 14.4. The number of hydrogen-bond donors (Lipinski definition) is 0. The molecule has 0 N–H and O–H groups in total.